The van der Waals surface area contributed by atoms with Crippen molar-refractivity contribution in [1.82, 2.24) is 9.78 Å². The third-order valence-corrected chi connectivity index (χ3v) is 4.46. The molecule has 0 fully saturated rings. The van der Waals surface area contributed by atoms with Gasteiger partial charge in [0.15, 0.2) is 0 Å². The summed E-state index contributed by atoms with van der Waals surface area (Å²) in [5.41, 5.74) is 5.48. The predicted molar refractivity (Wildman–Crippen MR) is 101 cm³/mol. The zero-order valence-corrected chi connectivity index (χ0v) is 16.1. The lowest BCUT2D eigenvalue weighted by molar-refractivity contribution is -0.141. The number of hydrogen-bond acceptors (Lipinski definition) is 3. The average Bonchev–Trinajstić information content (AvgIpc) is 2.81. The highest BCUT2D eigenvalue weighted by molar-refractivity contribution is 5.69. The van der Waals surface area contributed by atoms with Crippen molar-refractivity contribution in [3.05, 3.63) is 46.8 Å². The third-order valence-electron chi connectivity index (χ3n) is 4.46. The Hall–Kier alpha value is -2.30. The van der Waals surface area contributed by atoms with Crippen LogP contribution in [0.5, 0.6) is 0 Å². The number of rotatable bonds is 6. The van der Waals surface area contributed by atoms with Crippen LogP contribution in [0.25, 0.3) is 0 Å². The minimum atomic E-state index is -0.760. The molecule has 25 heavy (non-hydrogen) atoms. The highest BCUT2D eigenvalue weighted by Gasteiger charge is 2.20. The first kappa shape index (κ1) is 19.0. The number of anilines is 1. The molecule has 1 atom stereocenters. The third kappa shape index (κ3) is 4.62. The van der Waals surface area contributed by atoms with Crippen LogP contribution in [-0.2, 0) is 23.3 Å². The topological polar surface area (TPSA) is 67.2 Å². The van der Waals surface area contributed by atoms with Gasteiger partial charge in [-0.3, -0.25) is 9.48 Å². The first-order valence-electron chi connectivity index (χ1n) is 8.70. The van der Waals surface area contributed by atoms with E-state index in [4.69, 9.17) is 5.11 Å². The van der Waals surface area contributed by atoms with Crippen molar-refractivity contribution in [2.75, 3.05) is 5.32 Å². The molecule has 0 aliphatic carbocycles. The zero-order valence-electron chi connectivity index (χ0n) is 16.1. The van der Waals surface area contributed by atoms with Crippen molar-refractivity contribution in [3.63, 3.8) is 0 Å². The fraction of sp³-hybridized carbons (Fsp3) is 0.500. The van der Waals surface area contributed by atoms with Crippen LogP contribution in [0.15, 0.2) is 24.3 Å². The number of benzene rings is 1. The summed E-state index contributed by atoms with van der Waals surface area (Å²) in [4.78, 5) is 10.9. The van der Waals surface area contributed by atoms with Crippen LogP contribution in [0.2, 0.25) is 0 Å². The van der Waals surface area contributed by atoms with Crippen molar-refractivity contribution < 1.29 is 9.90 Å². The van der Waals surface area contributed by atoms with Crippen LogP contribution in [0.4, 0.5) is 5.69 Å². The Morgan fingerprint density at radius 3 is 2.32 bits per heavy atom. The van der Waals surface area contributed by atoms with Gasteiger partial charge in [0.05, 0.1) is 17.2 Å². The fourth-order valence-electron chi connectivity index (χ4n) is 2.97. The van der Waals surface area contributed by atoms with Crippen LogP contribution >= 0.6 is 0 Å². The number of carboxylic acids is 1. The maximum atomic E-state index is 10.9. The first-order valence-corrected chi connectivity index (χ1v) is 8.70. The smallest absolute Gasteiger partial charge is 0.306 e. The van der Waals surface area contributed by atoms with Crippen LogP contribution in [-0.4, -0.2) is 20.9 Å². The molecule has 0 saturated heterocycles. The lowest BCUT2D eigenvalue weighted by Crippen LogP contribution is -2.24. The van der Waals surface area contributed by atoms with Crippen molar-refractivity contribution >= 4 is 11.7 Å². The molecule has 1 heterocycles. The Balaban J connectivity index is 2.05. The van der Waals surface area contributed by atoms with Gasteiger partial charge in [-0.05, 0) is 58.7 Å². The summed E-state index contributed by atoms with van der Waals surface area (Å²) in [7, 11) is 0. The van der Waals surface area contributed by atoms with Gasteiger partial charge in [-0.25, -0.2) is 0 Å². The SMILES string of the molecule is Cc1nn(C(C)(C)C)c(C)c1CNc1ccc(CC(C)C(=O)O)cc1. The van der Waals surface area contributed by atoms with Crippen LogP contribution in [0.1, 0.15) is 50.2 Å². The van der Waals surface area contributed by atoms with E-state index >= 15 is 0 Å². The monoisotopic (exact) mass is 343 g/mol. The van der Waals surface area contributed by atoms with Crippen LogP contribution in [0.3, 0.4) is 0 Å². The van der Waals surface area contributed by atoms with Gasteiger partial charge in [-0.2, -0.15) is 5.10 Å². The summed E-state index contributed by atoms with van der Waals surface area (Å²) in [5.74, 6) is -1.13. The van der Waals surface area contributed by atoms with E-state index in [9.17, 15) is 4.79 Å². The minimum absolute atomic E-state index is 0.0322. The Bertz CT molecular complexity index is 740. The van der Waals surface area contributed by atoms with E-state index in [0.717, 1.165) is 23.5 Å². The molecule has 0 amide bonds. The molecule has 0 aliphatic heterocycles. The summed E-state index contributed by atoms with van der Waals surface area (Å²) in [6.07, 6.45) is 0.548. The molecule has 0 radical (unpaired) electrons. The lowest BCUT2D eigenvalue weighted by Gasteiger charge is -2.21. The van der Waals surface area contributed by atoms with Gasteiger partial charge < -0.3 is 10.4 Å². The number of aliphatic carboxylic acids is 1. The Morgan fingerprint density at radius 2 is 1.84 bits per heavy atom. The van der Waals surface area contributed by atoms with E-state index in [0.29, 0.717) is 6.42 Å². The van der Waals surface area contributed by atoms with Crippen molar-refractivity contribution in [2.45, 2.75) is 60.0 Å². The average molecular weight is 343 g/mol. The predicted octanol–water partition coefficient (Wildman–Crippen LogP) is 4.13. The number of aryl methyl sites for hydroxylation is 1. The van der Waals surface area contributed by atoms with E-state index in [1.165, 1.54) is 11.3 Å². The zero-order chi connectivity index (χ0) is 18.8. The summed E-state index contributed by atoms with van der Waals surface area (Å²) >= 11 is 0. The van der Waals surface area contributed by atoms with Gasteiger partial charge in [0.25, 0.3) is 0 Å². The molecule has 1 aromatic heterocycles. The molecule has 0 saturated carbocycles. The van der Waals surface area contributed by atoms with Crippen molar-refractivity contribution in [3.8, 4) is 0 Å². The second-order valence-corrected chi connectivity index (χ2v) is 7.73. The molecule has 5 heteroatoms. The molecule has 136 valence electrons. The van der Waals surface area contributed by atoms with Gasteiger partial charge in [0.1, 0.15) is 0 Å². The van der Waals surface area contributed by atoms with E-state index < -0.39 is 5.97 Å². The molecule has 5 nitrogen and oxygen atoms in total. The molecular formula is C20H29N3O2. The van der Waals surface area contributed by atoms with E-state index in [1.54, 1.807) is 6.92 Å². The highest BCUT2D eigenvalue weighted by Crippen LogP contribution is 2.22. The van der Waals surface area contributed by atoms with Gasteiger partial charge in [-0.1, -0.05) is 19.1 Å². The van der Waals surface area contributed by atoms with E-state index in [2.05, 4.69) is 42.8 Å². The number of carboxylic acid groups (broad SMARTS) is 1. The maximum absolute atomic E-state index is 10.9. The number of hydrogen-bond donors (Lipinski definition) is 2. The molecular weight excluding hydrogens is 314 g/mol. The normalized spacial score (nSPS) is 12.9. The number of carbonyl (C=O) groups is 1. The molecule has 2 rings (SSSR count). The first-order chi connectivity index (χ1) is 11.6. The van der Waals surface area contributed by atoms with Crippen molar-refractivity contribution in [1.29, 1.82) is 0 Å². The van der Waals surface area contributed by atoms with E-state index in [-0.39, 0.29) is 11.5 Å². The molecule has 0 spiro atoms. The molecule has 1 unspecified atom stereocenters. The number of aromatic nitrogens is 2. The quantitative estimate of drug-likeness (QED) is 0.827. The number of nitrogens with zero attached hydrogens (tertiary/aromatic N) is 2. The van der Waals surface area contributed by atoms with E-state index in [1.807, 2.05) is 31.2 Å². The Labute approximate surface area is 150 Å². The van der Waals surface area contributed by atoms with Crippen LogP contribution in [0, 0.1) is 19.8 Å². The standard InChI is InChI=1S/C20H29N3O2/c1-13(19(24)25)11-16-7-9-17(10-8-16)21-12-18-14(2)22-23(15(18)3)20(4,5)6/h7-10,13,21H,11-12H2,1-6H3,(H,24,25). The second-order valence-electron chi connectivity index (χ2n) is 7.73. The summed E-state index contributed by atoms with van der Waals surface area (Å²) in [6.45, 7) is 13.1. The number of nitrogens with one attached hydrogen (secondary N) is 1. The summed E-state index contributed by atoms with van der Waals surface area (Å²) in [5, 5.41) is 17.1. The minimum Gasteiger partial charge on any atom is -0.481 e. The largest absolute Gasteiger partial charge is 0.481 e. The maximum Gasteiger partial charge on any atom is 0.306 e. The molecule has 2 N–H and O–H groups in total. The Kier molecular flexibility index (Phi) is 5.55. The summed E-state index contributed by atoms with van der Waals surface area (Å²) < 4.78 is 2.08. The molecule has 0 aliphatic rings. The second kappa shape index (κ2) is 7.30. The Morgan fingerprint density at radius 1 is 1.24 bits per heavy atom. The lowest BCUT2D eigenvalue weighted by atomic mass is 10.0. The molecule has 1 aromatic carbocycles. The van der Waals surface area contributed by atoms with Gasteiger partial charge in [0, 0.05) is 23.5 Å². The van der Waals surface area contributed by atoms with Gasteiger partial charge >= 0.3 is 5.97 Å². The van der Waals surface area contributed by atoms with Gasteiger partial charge in [-0.15, -0.1) is 0 Å². The van der Waals surface area contributed by atoms with Crippen molar-refractivity contribution in [2.24, 2.45) is 5.92 Å². The van der Waals surface area contributed by atoms with Gasteiger partial charge in [0.2, 0.25) is 0 Å². The fourth-order valence-corrected chi connectivity index (χ4v) is 2.97. The summed E-state index contributed by atoms with van der Waals surface area (Å²) in [6, 6.07) is 7.98. The molecule has 0 bridgehead atoms. The highest BCUT2D eigenvalue weighted by atomic mass is 16.4. The molecule has 2 aromatic rings. The van der Waals surface area contributed by atoms with Crippen LogP contribution < -0.4 is 5.32 Å².